The van der Waals surface area contributed by atoms with Crippen LogP contribution < -0.4 is 5.56 Å². The second-order valence-corrected chi connectivity index (χ2v) is 4.79. The van der Waals surface area contributed by atoms with Crippen LogP contribution in [0.15, 0.2) is 66.7 Å². The standard InChI is InChI=1S/C17H13FN4O/c1-3-11(14(18)4-2)12-7-13-15(22-17(12)23)5-6-19-16(13)10-8-20-21-9-10/h3-9H,1-2H2,(H,20,21)(H,22,23)/b14-11-. The van der Waals surface area contributed by atoms with Gasteiger partial charge < -0.3 is 4.98 Å². The van der Waals surface area contributed by atoms with Crippen molar-refractivity contribution in [2.45, 2.75) is 0 Å². The van der Waals surface area contributed by atoms with Gasteiger partial charge in [-0.15, -0.1) is 0 Å². The van der Waals surface area contributed by atoms with Crippen molar-refractivity contribution in [3.8, 4) is 11.3 Å². The first-order valence-corrected chi connectivity index (χ1v) is 6.82. The summed E-state index contributed by atoms with van der Waals surface area (Å²) in [6, 6.07) is 3.29. The zero-order valence-corrected chi connectivity index (χ0v) is 12.1. The van der Waals surface area contributed by atoms with Crippen molar-refractivity contribution < 1.29 is 4.39 Å². The number of fused-ring (bicyclic) bond motifs is 1. The average molecular weight is 308 g/mol. The lowest BCUT2D eigenvalue weighted by atomic mass is 10.0. The van der Waals surface area contributed by atoms with E-state index in [0.717, 1.165) is 11.6 Å². The SMILES string of the molecule is C=C/C(F)=C(\C=C)c1cc2c(-c3cn[nH]c3)nccc2[nH]c1=O. The van der Waals surface area contributed by atoms with Crippen LogP contribution in [0, 0.1) is 0 Å². The fourth-order valence-electron chi connectivity index (χ4n) is 2.38. The minimum atomic E-state index is -0.612. The van der Waals surface area contributed by atoms with Crippen LogP contribution in [0.2, 0.25) is 0 Å². The molecule has 0 fully saturated rings. The Hall–Kier alpha value is -3.28. The lowest BCUT2D eigenvalue weighted by molar-refractivity contribution is 0.671. The molecule has 2 N–H and O–H groups in total. The molecule has 23 heavy (non-hydrogen) atoms. The molecule has 3 rings (SSSR count). The third kappa shape index (κ3) is 2.50. The van der Waals surface area contributed by atoms with E-state index in [1.807, 2.05) is 0 Å². The number of nitrogens with zero attached hydrogens (tertiary/aromatic N) is 2. The topological polar surface area (TPSA) is 74.4 Å². The fourth-order valence-corrected chi connectivity index (χ4v) is 2.38. The van der Waals surface area contributed by atoms with Gasteiger partial charge >= 0.3 is 0 Å². The van der Waals surface area contributed by atoms with Crippen molar-refractivity contribution in [3.05, 3.63) is 77.8 Å². The summed E-state index contributed by atoms with van der Waals surface area (Å²) in [4.78, 5) is 19.4. The van der Waals surface area contributed by atoms with Gasteiger partial charge in [0.1, 0.15) is 5.83 Å². The normalized spacial score (nSPS) is 12.0. The van der Waals surface area contributed by atoms with Gasteiger partial charge in [0.05, 0.1) is 23.0 Å². The number of halogens is 1. The summed E-state index contributed by atoms with van der Waals surface area (Å²) in [5, 5.41) is 7.30. The molecule has 0 saturated heterocycles. The maximum Gasteiger partial charge on any atom is 0.256 e. The highest BCUT2D eigenvalue weighted by Crippen LogP contribution is 2.27. The molecule has 0 radical (unpaired) electrons. The number of allylic oxidation sites excluding steroid dienone is 4. The predicted molar refractivity (Wildman–Crippen MR) is 88.4 cm³/mol. The molecule has 5 nitrogen and oxygen atoms in total. The Morgan fingerprint density at radius 2 is 2.13 bits per heavy atom. The molecule has 0 spiro atoms. The molecule has 6 heteroatoms. The van der Waals surface area contributed by atoms with Crippen LogP contribution in [-0.4, -0.2) is 20.2 Å². The van der Waals surface area contributed by atoms with E-state index < -0.39 is 11.4 Å². The van der Waals surface area contributed by atoms with Gasteiger partial charge in [-0.3, -0.25) is 14.9 Å². The van der Waals surface area contributed by atoms with Gasteiger partial charge in [-0.1, -0.05) is 19.2 Å². The molecular weight excluding hydrogens is 295 g/mol. The maximum absolute atomic E-state index is 13.9. The van der Waals surface area contributed by atoms with Crippen LogP contribution in [-0.2, 0) is 0 Å². The van der Waals surface area contributed by atoms with Crippen molar-refractivity contribution in [1.82, 2.24) is 20.2 Å². The van der Waals surface area contributed by atoms with Gasteiger partial charge in [0.2, 0.25) is 0 Å². The van der Waals surface area contributed by atoms with E-state index >= 15 is 0 Å². The fraction of sp³-hybridized carbons (Fsp3) is 0. The lowest BCUT2D eigenvalue weighted by Gasteiger charge is -2.07. The Labute approximate surface area is 130 Å². The van der Waals surface area contributed by atoms with Crippen LogP contribution in [0.4, 0.5) is 4.39 Å². The third-order valence-corrected chi connectivity index (χ3v) is 3.47. The molecule has 0 bridgehead atoms. The number of hydrogen-bond donors (Lipinski definition) is 2. The number of aromatic amines is 2. The van der Waals surface area contributed by atoms with Crippen LogP contribution in [0.3, 0.4) is 0 Å². The number of pyridine rings is 2. The summed E-state index contributed by atoms with van der Waals surface area (Å²) in [5.74, 6) is -0.612. The van der Waals surface area contributed by atoms with Gasteiger partial charge in [0.25, 0.3) is 5.56 Å². The van der Waals surface area contributed by atoms with Crippen LogP contribution in [0.1, 0.15) is 5.56 Å². The van der Waals surface area contributed by atoms with Gasteiger partial charge in [-0.05, 0) is 18.2 Å². The zero-order valence-electron chi connectivity index (χ0n) is 12.1. The van der Waals surface area contributed by atoms with Crippen LogP contribution >= 0.6 is 0 Å². The van der Waals surface area contributed by atoms with E-state index in [2.05, 4.69) is 33.3 Å². The lowest BCUT2D eigenvalue weighted by Crippen LogP contribution is -2.12. The highest BCUT2D eigenvalue weighted by Gasteiger charge is 2.13. The number of H-pyrrole nitrogens is 2. The Balaban J connectivity index is 2.37. The van der Waals surface area contributed by atoms with Gasteiger partial charge in [-0.2, -0.15) is 5.10 Å². The first-order chi connectivity index (χ1) is 11.2. The third-order valence-electron chi connectivity index (χ3n) is 3.47. The molecule has 0 amide bonds. The summed E-state index contributed by atoms with van der Waals surface area (Å²) in [6.07, 6.45) is 7.25. The molecule has 3 heterocycles. The van der Waals surface area contributed by atoms with Crippen molar-refractivity contribution >= 4 is 16.5 Å². The Bertz CT molecular complexity index is 983. The molecule has 0 aliphatic carbocycles. The molecule has 0 unspecified atom stereocenters. The van der Waals surface area contributed by atoms with Crippen molar-refractivity contribution in [3.63, 3.8) is 0 Å². The summed E-state index contributed by atoms with van der Waals surface area (Å²) in [6.45, 7) is 6.96. The first kappa shape index (κ1) is 14.6. The number of aromatic nitrogens is 4. The van der Waals surface area contributed by atoms with Crippen molar-refractivity contribution in [2.75, 3.05) is 0 Å². The summed E-state index contributed by atoms with van der Waals surface area (Å²) in [7, 11) is 0. The monoisotopic (exact) mass is 308 g/mol. The van der Waals surface area contributed by atoms with Crippen molar-refractivity contribution in [1.29, 1.82) is 0 Å². The largest absolute Gasteiger partial charge is 0.321 e. The first-order valence-electron chi connectivity index (χ1n) is 6.82. The molecule has 3 aromatic rings. The molecule has 0 aliphatic rings. The van der Waals surface area contributed by atoms with Gasteiger partial charge in [0, 0.05) is 28.9 Å². The molecule has 114 valence electrons. The summed E-state index contributed by atoms with van der Waals surface area (Å²) in [5.41, 5.74) is 1.85. The number of rotatable bonds is 4. The molecule has 0 atom stereocenters. The van der Waals surface area contributed by atoms with E-state index in [4.69, 9.17) is 0 Å². The second-order valence-electron chi connectivity index (χ2n) is 4.79. The predicted octanol–water partition coefficient (Wildman–Crippen LogP) is 3.37. The van der Waals surface area contributed by atoms with E-state index in [1.54, 1.807) is 30.7 Å². The smallest absolute Gasteiger partial charge is 0.256 e. The Morgan fingerprint density at radius 1 is 1.30 bits per heavy atom. The Kier molecular flexibility index (Phi) is 3.72. The van der Waals surface area contributed by atoms with E-state index in [1.165, 1.54) is 6.08 Å². The second kappa shape index (κ2) is 5.84. The molecule has 3 aromatic heterocycles. The number of nitrogens with one attached hydrogen (secondary N) is 2. The van der Waals surface area contributed by atoms with E-state index in [-0.39, 0.29) is 11.1 Å². The molecule has 0 aliphatic heterocycles. The van der Waals surface area contributed by atoms with E-state index in [9.17, 15) is 9.18 Å². The average Bonchev–Trinajstić information content (AvgIpc) is 3.09. The van der Waals surface area contributed by atoms with Crippen molar-refractivity contribution in [2.24, 2.45) is 0 Å². The molecule has 0 saturated carbocycles. The highest BCUT2D eigenvalue weighted by molar-refractivity contribution is 5.94. The van der Waals surface area contributed by atoms with E-state index in [0.29, 0.717) is 16.6 Å². The minimum Gasteiger partial charge on any atom is -0.321 e. The number of hydrogen-bond acceptors (Lipinski definition) is 3. The van der Waals surface area contributed by atoms with Gasteiger partial charge in [0.15, 0.2) is 0 Å². The van der Waals surface area contributed by atoms with Crippen LogP contribution in [0.25, 0.3) is 27.7 Å². The Morgan fingerprint density at radius 3 is 2.78 bits per heavy atom. The highest BCUT2D eigenvalue weighted by atomic mass is 19.1. The zero-order chi connectivity index (χ0) is 16.4. The summed E-state index contributed by atoms with van der Waals surface area (Å²) >= 11 is 0. The minimum absolute atomic E-state index is 0.0881. The molecular formula is C17H13FN4O. The van der Waals surface area contributed by atoms with Gasteiger partial charge in [-0.25, -0.2) is 4.39 Å². The van der Waals surface area contributed by atoms with Crippen LogP contribution in [0.5, 0.6) is 0 Å². The maximum atomic E-state index is 13.9. The summed E-state index contributed by atoms with van der Waals surface area (Å²) < 4.78 is 13.9. The molecule has 0 aromatic carbocycles. The quantitative estimate of drug-likeness (QED) is 0.726.